The van der Waals surface area contributed by atoms with Crippen molar-refractivity contribution >= 4 is 47.9 Å². The number of rotatable bonds is 24. The standard InChI is InChI=1S/C62H84N14O6.ClH/c1-41(63-3)57(77)65-49-27-13-11-25-47-33-35-53(75(47)61(49)81)59(79)67-55(45-21-7-5-8-22-45)51-39-73(71-69-51)37-17-15-19-43-29-31-44(32-30-43)20-16-18-38-74-40-52(70-72-74)56(46-23-9-6-10-24-46)68-60(80)54-36-34-48-26-12-14-28-50(62(82)76(48)54)66-58(78)42(2)64-4;/h5-10,21-24,29-32,39-42,47-50,53-56,63-64H,11-20,25-28,33-38H2,1-4H3,(H,65,77)(H,66,78)(H,67,79)(H,68,80);1H/t41-,42+,47?,48?,49-,50-,53?,54?,55?,56-;/m0./s1. The quantitative estimate of drug-likeness (QED) is 0.0402. The lowest BCUT2D eigenvalue weighted by Gasteiger charge is -2.36. The number of hydrogen-bond acceptors (Lipinski definition) is 12. The Bertz CT molecular complexity index is 2730. The van der Waals surface area contributed by atoms with Crippen molar-refractivity contribution in [3.8, 4) is 0 Å². The maximum absolute atomic E-state index is 14.3. The van der Waals surface area contributed by atoms with E-state index in [4.69, 9.17) is 0 Å². The first-order valence-corrected chi connectivity index (χ1v) is 30.1. The summed E-state index contributed by atoms with van der Waals surface area (Å²) in [6.07, 6.45) is 18.2. The van der Waals surface area contributed by atoms with E-state index in [-0.39, 0.29) is 59.9 Å². The number of halogens is 1. The van der Waals surface area contributed by atoms with Crippen molar-refractivity contribution in [2.45, 2.75) is 203 Å². The van der Waals surface area contributed by atoms with Crippen LogP contribution in [0.25, 0.3) is 0 Å². The van der Waals surface area contributed by atoms with Crippen LogP contribution in [0.1, 0.15) is 162 Å². The molecule has 4 saturated heterocycles. The molecule has 0 saturated carbocycles. The largest absolute Gasteiger partial charge is 0.343 e. The first-order chi connectivity index (χ1) is 39.9. The second-order valence-electron chi connectivity index (χ2n) is 22.9. The first-order valence-electron chi connectivity index (χ1n) is 30.1. The molecular weight excluding hydrogens is 1070 g/mol. The van der Waals surface area contributed by atoms with E-state index in [0.717, 1.165) is 101 Å². The number of hydrogen-bond donors (Lipinski definition) is 6. The molecule has 6 heterocycles. The Morgan fingerprint density at radius 3 is 1.29 bits per heavy atom. The second-order valence-corrected chi connectivity index (χ2v) is 22.9. The van der Waals surface area contributed by atoms with Crippen LogP contribution in [0.2, 0.25) is 0 Å². The first kappa shape index (κ1) is 62.0. The van der Waals surface area contributed by atoms with Crippen molar-refractivity contribution in [3.05, 3.63) is 131 Å². The SMILES string of the molecule is CN[C@@H](C)C(=O)N[C@H]1CCCCC2CCC(C(=O)NC(c3ccccc3)c3cn(CCCCc4ccc(CCCCn5cc([C@@H](NC(=O)C6CCC7CCCC[C@H](NC(=O)[C@@H](C)NC)C(=O)N76)c6ccccc6)nn5)cc4)nn3)N2C1=O.Cl. The monoisotopic (exact) mass is 1160 g/mol. The fourth-order valence-electron chi connectivity index (χ4n) is 12.3. The molecule has 4 fully saturated rings. The molecule has 21 heteroatoms. The van der Waals surface area contributed by atoms with Gasteiger partial charge in [-0.05, 0) is 140 Å². The lowest BCUT2D eigenvalue weighted by molar-refractivity contribution is -0.144. The summed E-state index contributed by atoms with van der Waals surface area (Å²) in [4.78, 5) is 86.0. The molecule has 20 nitrogen and oxygen atoms in total. The number of fused-ring (bicyclic) bond motifs is 2. The number of carbonyl (C=O) groups excluding carboxylic acids is 6. The van der Waals surface area contributed by atoms with Crippen molar-refractivity contribution in [1.29, 1.82) is 0 Å². The Hall–Kier alpha value is -7.03. The van der Waals surface area contributed by atoms with Crippen LogP contribution in [0.4, 0.5) is 0 Å². The Morgan fingerprint density at radius 2 is 0.904 bits per heavy atom. The summed E-state index contributed by atoms with van der Waals surface area (Å²) in [6, 6.07) is 23.5. The van der Waals surface area contributed by atoms with Crippen molar-refractivity contribution < 1.29 is 28.8 Å². The van der Waals surface area contributed by atoms with Crippen LogP contribution >= 0.6 is 12.4 Å². The maximum atomic E-state index is 14.3. The van der Waals surface area contributed by atoms with E-state index in [9.17, 15) is 28.8 Å². The van der Waals surface area contributed by atoms with Gasteiger partial charge in [0.2, 0.25) is 35.4 Å². The van der Waals surface area contributed by atoms with Gasteiger partial charge in [-0.15, -0.1) is 22.6 Å². The molecule has 0 bridgehead atoms. The van der Waals surface area contributed by atoms with E-state index in [1.54, 1.807) is 37.7 Å². The van der Waals surface area contributed by atoms with Crippen LogP contribution in [0, 0.1) is 0 Å². The van der Waals surface area contributed by atoms with Gasteiger partial charge in [-0.3, -0.25) is 38.1 Å². The summed E-state index contributed by atoms with van der Waals surface area (Å²) in [7, 11) is 3.43. The fraction of sp³-hybridized carbons (Fsp3) is 0.548. The molecule has 6 amide bonds. The van der Waals surface area contributed by atoms with Crippen LogP contribution in [-0.2, 0) is 54.7 Å². The average molecular weight is 1160 g/mol. The number of amides is 6. The third-order valence-corrected chi connectivity index (χ3v) is 17.3. The van der Waals surface area contributed by atoms with E-state index in [0.29, 0.717) is 50.2 Å². The highest BCUT2D eigenvalue weighted by Crippen LogP contribution is 2.34. The van der Waals surface area contributed by atoms with Crippen molar-refractivity contribution in [1.82, 2.24) is 71.7 Å². The minimum Gasteiger partial charge on any atom is -0.343 e. The second kappa shape index (κ2) is 30.0. The Kier molecular flexibility index (Phi) is 22.4. The normalized spacial score (nSPS) is 22.3. The zero-order valence-corrected chi connectivity index (χ0v) is 49.4. The highest BCUT2D eigenvalue weighted by molar-refractivity contribution is 5.95. The number of unbranched alkanes of at least 4 members (excludes halogenated alkanes) is 2. The van der Waals surface area contributed by atoms with Gasteiger partial charge in [0.05, 0.1) is 36.6 Å². The van der Waals surface area contributed by atoms with E-state index in [1.807, 2.05) is 82.4 Å². The van der Waals surface area contributed by atoms with Gasteiger partial charge in [0.1, 0.15) is 35.6 Å². The topological polar surface area (TPSA) is 242 Å². The van der Waals surface area contributed by atoms with Gasteiger partial charge in [0.25, 0.3) is 0 Å². The van der Waals surface area contributed by atoms with Gasteiger partial charge >= 0.3 is 0 Å². The lowest BCUT2D eigenvalue weighted by atomic mass is 9.98. The minimum absolute atomic E-state index is 0. The van der Waals surface area contributed by atoms with Gasteiger partial charge in [-0.2, -0.15) is 0 Å². The molecule has 446 valence electrons. The summed E-state index contributed by atoms with van der Waals surface area (Å²) in [6.45, 7) is 4.86. The third-order valence-electron chi connectivity index (χ3n) is 17.3. The molecule has 5 aromatic rings. The van der Waals surface area contributed by atoms with Crippen LogP contribution in [0.15, 0.2) is 97.3 Å². The molecular formula is C62H85ClN14O6. The summed E-state index contributed by atoms with van der Waals surface area (Å²) in [5.41, 5.74) is 5.53. The third kappa shape index (κ3) is 15.8. The highest BCUT2D eigenvalue weighted by atomic mass is 35.5. The number of benzene rings is 3. The molecule has 3 aromatic carbocycles. The van der Waals surface area contributed by atoms with Crippen molar-refractivity contribution in [3.63, 3.8) is 0 Å². The smallest absolute Gasteiger partial charge is 0.246 e. The Balaban J connectivity index is 0.00000900. The van der Waals surface area contributed by atoms with E-state index < -0.39 is 48.3 Å². The number of nitrogens with zero attached hydrogens (tertiary/aromatic N) is 8. The van der Waals surface area contributed by atoms with Gasteiger partial charge in [0, 0.05) is 25.2 Å². The maximum Gasteiger partial charge on any atom is 0.246 e. The molecule has 9 rings (SSSR count). The molecule has 83 heavy (non-hydrogen) atoms. The highest BCUT2D eigenvalue weighted by Gasteiger charge is 2.46. The zero-order valence-electron chi connectivity index (χ0n) is 48.6. The van der Waals surface area contributed by atoms with Crippen LogP contribution in [0.5, 0.6) is 0 Å². The Morgan fingerprint density at radius 1 is 0.518 bits per heavy atom. The molecule has 0 radical (unpaired) electrons. The van der Waals surface area contributed by atoms with Crippen molar-refractivity contribution in [2.75, 3.05) is 14.1 Å². The lowest BCUT2D eigenvalue weighted by Crippen LogP contribution is -2.58. The predicted octanol–water partition coefficient (Wildman–Crippen LogP) is 5.80. The molecule has 5 unspecified atom stereocenters. The van der Waals surface area contributed by atoms with Crippen LogP contribution < -0.4 is 31.9 Å². The van der Waals surface area contributed by atoms with E-state index in [2.05, 4.69) is 76.8 Å². The number of carbonyl (C=O) groups is 6. The van der Waals surface area contributed by atoms with Crippen LogP contribution in [-0.4, -0.2) is 138 Å². The van der Waals surface area contributed by atoms with Gasteiger partial charge in [-0.25, -0.2) is 0 Å². The summed E-state index contributed by atoms with van der Waals surface area (Å²) in [5.74, 6) is -1.31. The molecule has 4 aliphatic rings. The molecule has 6 N–H and O–H groups in total. The zero-order chi connectivity index (χ0) is 57.5. The van der Waals surface area contributed by atoms with Gasteiger partial charge in [-0.1, -0.05) is 121 Å². The summed E-state index contributed by atoms with van der Waals surface area (Å²) in [5, 5.41) is 36.4. The number of nitrogens with one attached hydrogen (secondary N) is 6. The summed E-state index contributed by atoms with van der Waals surface area (Å²) < 4.78 is 3.68. The molecule has 10 atom stereocenters. The van der Waals surface area contributed by atoms with Gasteiger partial charge < -0.3 is 41.7 Å². The van der Waals surface area contributed by atoms with Crippen molar-refractivity contribution in [2.24, 2.45) is 0 Å². The van der Waals surface area contributed by atoms with Crippen LogP contribution in [0.3, 0.4) is 0 Å². The summed E-state index contributed by atoms with van der Waals surface area (Å²) >= 11 is 0. The number of likely N-dealkylation sites (N-methyl/N-ethyl adjacent to an activating group) is 2. The molecule has 0 aliphatic carbocycles. The molecule has 2 aromatic heterocycles. The molecule has 0 spiro atoms. The van der Waals surface area contributed by atoms with E-state index in [1.165, 1.54) is 11.1 Å². The molecule has 4 aliphatic heterocycles. The minimum atomic E-state index is -0.676. The fourth-order valence-corrected chi connectivity index (χ4v) is 12.3. The number of aryl methyl sites for hydroxylation is 4. The Labute approximate surface area is 494 Å². The predicted molar refractivity (Wildman–Crippen MR) is 318 cm³/mol. The van der Waals surface area contributed by atoms with Gasteiger partial charge in [0.15, 0.2) is 0 Å². The average Bonchev–Trinajstić information content (AvgIpc) is 4.43. The van der Waals surface area contributed by atoms with E-state index >= 15 is 0 Å². The number of aromatic nitrogens is 6.